The molecule has 4 aromatic carbocycles. The fourth-order valence-corrected chi connectivity index (χ4v) is 4.94. The summed E-state index contributed by atoms with van der Waals surface area (Å²) in [5.74, 6) is -0.815. The molecule has 0 saturated carbocycles. The second-order valence-electron chi connectivity index (χ2n) is 10.4. The van der Waals surface area contributed by atoms with Gasteiger partial charge >= 0.3 is 23.9 Å². The molecular formula is C36H32O12. The quantitative estimate of drug-likeness (QED) is 0.203. The highest BCUT2D eigenvalue weighted by atomic mass is 16.5. The van der Waals surface area contributed by atoms with Crippen molar-refractivity contribution >= 4 is 23.9 Å². The zero-order valence-electron chi connectivity index (χ0n) is 26.7. The number of ether oxygens (including phenoxy) is 8. The molecule has 248 valence electrons. The summed E-state index contributed by atoms with van der Waals surface area (Å²) in [4.78, 5) is 50.4. The first kappa shape index (κ1) is 33.3. The lowest BCUT2D eigenvalue weighted by Crippen LogP contribution is -2.15. The van der Waals surface area contributed by atoms with Crippen LogP contribution in [0.4, 0.5) is 0 Å². The fourth-order valence-electron chi connectivity index (χ4n) is 4.94. The highest BCUT2D eigenvalue weighted by Gasteiger charge is 2.24. The van der Waals surface area contributed by atoms with Crippen molar-refractivity contribution in [3.63, 3.8) is 0 Å². The number of methoxy groups -OCH3 is 4. The maximum absolute atomic E-state index is 12.6. The first-order valence-corrected chi connectivity index (χ1v) is 14.6. The van der Waals surface area contributed by atoms with Crippen LogP contribution in [-0.2, 0) is 45.4 Å². The number of benzene rings is 4. The van der Waals surface area contributed by atoms with Crippen LogP contribution in [0.1, 0.15) is 63.7 Å². The van der Waals surface area contributed by atoms with Crippen LogP contribution in [0.15, 0.2) is 72.8 Å². The highest BCUT2D eigenvalue weighted by Crippen LogP contribution is 2.28. The third-order valence-corrected chi connectivity index (χ3v) is 7.53. The third-order valence-electron chi connectivity index (χ3n) is 7.53. The Labute approximate surface area is 276 Å². The molecule has 0 radical (unpaired) electrons. The van der Waals surface area contributed by atoms with Gasteiger partial charge in [-0.25, -0.2) is 19.2 Å². The lowest BCUT2D eigenvalue weighted by atomic mass is 9.98. The van der Waals surface area contributed by atoms with Crippen LogP contribution in [0.3, 0.4) is 0 Å². The molecule has 0 spiro atoms. The van der Waals surface area contributed by atoms with Crippen molar-refractivity contribution in [2.45, 2.75) is 26.4 Å². The van der Waals surface area contributed by atoms with Gasteiger partial charge in [0.25, 0.3) is 0 Å². The van der Waals surface area contributed by atoms with Crippen molar-refractivity contribution in [3.05, 3.63) is 117 Å². The lowest BCUT2D eigenvalue weighted by Gasteiger charge is -2.18. The molecule has 0 fully saturated rings. The number of carbonyl (C=O) groups is 4. The monoisotopic (exact) mass is 656 g/mol. The molecule has 12 heteroatoms. The van der Waals surface area contributed by atoms with Crippen molar-refractivity contribution in [3.8, 4) is 23.0 Å². The molecule has 0 aromatic heterocycles. The Kier molecular flexibility index (Phi) is 10.4. The van der Waals surface area contributed by atoms with Gasteiger partial charge in [0.1, 0.15) is 49.4 Å². The molecule has 4 bridgehead atoms. The Morgan fingerprint density at radius 1 is 0.396 bits per heavy atom. The van der Waals surface area contributed by atoms with Gasteiger partial charge in [-0.3, -0.25) is 0 Å². The average molecular weight is 657 g/mol. The number of esters is 4. The lowest BCUT2D eigenvalue weighted by molar-refractivity contribution is 0.0554. The SMILES string of the molecule is COC(=O)c1cc2c(cc1C(=O)OC)COc1ccc(cc1)OCc1cc(C(=O)OC)c(C(=O)OC)cc1COc1ccc(cc1)OC2. The molecule has 12 nitrogen and oxygen atoms in total. The molecule has 8 rings (SSSR count). The minimum absolute atomic E-state index is 0.0285. The van der Waals surface area contributed by atoms with E-state index in [2.05, 4.69) is 0 Å². The number of hydrogen-bond acceptors (Lipinski definition) is 12. The van der Waals surface area contributed by atoms with Crippen LogP contribution in [-0.4, -0.2) is 52.3 Å². The topological polar surface area (TPSA) is 142 Å². The van der Waals surface area contributed by atoms with Gasteiger partial charge in [-0.15, -0.1) is 0 Å². The van der Waals surface area contributed by atoms with E-state index >= 15 is 0 Å². The van der Waals surface area contributed by atoms with E-state index in [1.165, 1.54) is 52.7 Å². The summed E-state index contributed by atoms with van der Waals surface area (Å²) in [7, 11) is 4.90. The van der Waals surface area contributed by atoms with Crippen LogP contribution < -0.4 is 18.9 Å². The summed E-state index contributed by atoms with van der Waals surface area (Å²) >= 11 is 0. The maximum atomic E-state index is 12.6. The number of rotatable bonds is 4. The predicted octanol–water partition coefficient (Wildman–Crippen LogP) is 5.46. The second-order valence-corrected chi connectivity index (χ2v) is 10.4. The van der Waals surface area contributed by atoms with Crippen LogP contribution in [0.5, 0.6) is 23.0 Å². The van der Waals surface area contributed by atoms with Crippen LogP contribution in [0.25, 0.3) is 0 Å². The predicted molar refractivity (Wildman–Crippen MR) is 168 cm³/mol. The molecule has 0 aliphatic carbocycles. The molecule has 4 aliphatic heterocycles. The van der Waals surface area contributed by atoms with E-state index in [1.54, 1.807) is 48.5 Å². The molecule has 4 aliphatic rings. The highest BCUT2D eigenvalue weighted by molar-refractivity contribution is 6.04. The summed E-state index contributed by atoms with van der Waals surface area (Å²) in [5, 5.41) is 0. The number of hydrogen-bond donors (Lipinski definition) is 0. The molecule has 4 aromatic rings. The molecule has 0 N–H and O–H groups in total. The fraction of sp³-hybridized carbons (Fsp3) is 0.222. The van der Waals surface area contributed by atoms with Crippen molar-refractivity contribution < 1.29 is 57.1 Å². The van der Waals surface area contributed by atoms with E-state index in [9.17, 15) is 19.2 Å². The zero-order valence-corrected chi connectivity index (χ0v) is 26.7. The first-order valence-electron chi connectivity index (χ1n) is 14.6. The van der Waals surface area contributed by atoms with Crippen LogP contribution in [0.2, 0.25) is 0 Å². The molecule has 4 heterocycles. The van der Waals surface area contributed by atoms with E-state index in [1.807, 2.05) is 0 Å². The third kappa shape index (κ3) is 7.49. The van der Waals surface area contributed by atoms with Gasteiger partial charge in [-0.05, 0) is 95.1 Å². The van der Waals surface area contributed by atoms with E-state index < -0.39 is 23.9 Å². The Hall–Kier alpha value is -6.04. The van der Waals surface area contributed by atoms with Gasteiger partial charge in [-0.1, -0.05) is 0 Å². The van der Waals surface area contributed by atoms with Crippen molar-refractivity contribution in [1.82, 2.24) is 0 Å². The van der Waals surface area contributed by atoms with Gasteiger partial charge in [0.05, 0.1) is 50.7 Å². The van der Waals surface area contributed by atoms with E-state index in [0.29, 0.717) is 45.3 Å². The van der Waals surface area contributed by atoms with Gasteiger partial charge in [-0.2, -0.15) is 0 Å². The van der Waals surface area contributed by atoms with E-state index in [4.69, 9.17) is 37.9 Å². The molecule has 0 amide bonds. The Bertz CT molecular complexity index is 1560. The Balaban J connectivity index is 1.53. The molecule has 0 atom stereocenters. The van der Waals surface area contributed by atoms with Gasteiger partial charge in [0.15, 0.2) is 0 Å². The zero-order chi connectivity index (χ0) is 34.2. The minimum atomic E-state index is -0.704. The number of carbonyl (C=O) groups excluding carboxylic acids is 4. The van der Waals surface area contributed by atoms with Gasteiger partial charge < -0.3 is 37.9 Å². The summed E-state index contributed by atoms with van der Waals surface area (Å²) in [6.07, 6.45) is 0. The molecule has 0 saturated heterocycles. The Morgan fingerprint density at radius 2 is 0.583 bits per heavy atom. The summed E-state index contributed by atoms with van der Waals surface area (Å²) in [6.45, 7) is 0.124. The minimum Gasteiger partial charge on any atom is -0.489 e. The van der Waals surface area contributed by atoms with Crippen LogP contribution >= 0.6 is 0 Å². The molecule has 48 heavy (non-hydrogen) atoms. The van der Waals surface area contributed by atoms with Crippen molar-refractivity contribution in [2.75, 3.05) is 28.4 Å². The average Bonchev–Trinajstić information content (AvgIpc) is 3.13. The summed E-state index contributed by atoms with van der Waals surface area (Å²) < 4.78 is 43.8. The van der Waals surface area contributed by atoms with Gasteiger partial charge in [0.2, 0.25) is 0 Å². The van der Waals surface area contributed by atoms with E-state index in [-0.39, 0.29) is 48.7 Å². The smallest absolute Gasteiger partial charge is 0.338 e. The summed E-state index contributed by atoms with van der Waals surface area (Å²) in [5.41, 5.74) is 2.45. The van der Waals surface area contributed by atoms with Gasteiger partial charge in [0, 0.05) is 0 Å². The standard InChI is InChI=1S/C36H32O12/c1-41-33(37)29-13-21-17-45-25-5-7-27(8-6-25)47-19-23-15-31(35(39)43-3)32(36(40)44-4)16-24(23)20-48-28-11-9-26(10-12-28)46-18-22(21)14-30(29)34(38)42-2/h5-16H,17-20H2,1-4H3. The Morgan fingerprint density at radius 3 is 0.750 bits per heavy atom. The van der Waals surface area contributed by atoms with Crippen molar-refractivity contribution in [2.24, 2.45) is 0 Å². The van der Waals surface area contributed by atoms with Crippen LogP contribution in [0, 0.1) is 0 Å². The van der Waals surface area contributed by atoms with E-state index in [0.717, 1.165) is 0 Å². The largest absolute Gasteiger partial charge is 0.489 e. The summed E-state index contributed by atoms with van der Waals surface area (Å²) in [6, 6.07) is 19.8. The second kappa shape index (κ2) is 15.0. The first-order chi connectivity index (χ1) is 23.2. The molecule has 0 unspecified atom stereocenters. The maximum Gasteiger partial charge on any atom is 0.338 e. The normalized spacial score (nSPS) is 12.4. The van der Waals surface area contributed by atoms with Crippen molar-refractivity contribution in [1.29, 1.82) is 0 Å². The molecular weight excluding hydrogens is 624 g/mol.